The number of nitrogens with one attached hydrogen (secondary N) is 3. The Labute approximate surface area is 177 Å². The Morgan fingerprint density at radius 3 is 2.67 bits per heavy atom. The van der Waals surface area contributed by atoms with E-state index in [0.29, 0.717) is 24.5 Å². The average Bonchev–Trinajstić information content (AvgIpc) is 2.72. The van der Waals surface area contributed by atoms with Gasteiger partial charge in [0.15, 0.2) is 5.96 Å². The summed E-state index contributed by atoms with van der Waals surface area (Å²) in [5, 5.41) is 14.1. The molecular weight excluding hydrogens is 376 g/mol. The standard InChI is InChI=1S/C24H28N4O2/c1-5-24(3,4)14-30-21-12-8-11-18-22(21)20(28-23(25)26-15-29)13-19(27-18)17-10-7-6-9-16(17)2/h6-13,15H,5,14H2,1-4H3,(H3,25,26,27,28,29). The smallest absolute Gasteiger partial charge is 0.213 e. The van der Waals surface area contributed by atoms with Gasteiger partial charge in [0.05, 0.1) is 28.9 Å². The maximum absolute atomic E-state index is 10.8. The number of hydrogen-bond acceptors (Lipinski definition) is 4. The van der Waals surface area contributed by atoms with Gasteiger partial charge in [0.25, 0.3) is 0 Å². The maximum Gasteiger partial charge on any atom is 0.213 e. The molecule has 0 fully saturated rings. The highest BCUT2D eigenvalue weighted by atomic mass is 16.5. The van der Waals surface area contributed by atoms with Crippen LogP contribution in [0.5, 0.6) is 5.75 Å². The number of fused-ring (bicyclic) bond motifs is 1. The molecular formula is C24H28N4O2. The topological polar surface area (TPSA) is 87.1 Å². The number of carbonyl (C=O) groups excluding carboxylic acids is 1. The number of amides is 1. The van der Waals surface area contributed by atoms with E-state index in [1.54, 1.807) is 0 Å². The second-order valence-corrected chi connectivity index (χ2v) is 8.09. The predicted molar refractivity (Wildman–Crippen MR) is 122 cm³/mol. The van der Waals surface area contributed by atoms with Crippen LogP contribution in [0.15, 0.2) is 48.5 Å². The van der Waals surface area contributed by atoms with E-state index >= 15 is 0 Å². The second kappa shape index (κ2) is 8.95. The molecule has 0 radical (unpaired) electrons. The number of pyridine rings is 1. The largest absolute Gasteiger partial charge is 0.492 e. The van der Waals surface area contributed by atoms with Crippen molar-refractivity contribution < 1.29 is 9.53 Å². The van der Waals surface area contributed by atoms with E-state index in [0.717, 1.165) is 34.1 Å². The van der Waals surface area contributed by atoms with Crippen molar-refractivity contribution in [3.8, 4) is 17.0 Å². The first-order chi connectivity index (χ1) is 14.3. The summed E-state index contributed by atoms with van der Waals surface area (Å²) < 4.78 is 6.19. The molecule has 6 heteroatoms. The molecule has 0 aliphatic heterocycles. The van der Waals surface area contributed by atoms with Crippen LogP contribution < -0.4 is 15.4 Å². The Hall–Kier alpha value is -3.41. The van der Waals surface area contributed by atoms with Crippen LogP contribution in [0, 0.1) is 17.7 Å². The van der Waals surface area contributed by atoms with Crippen molar-refractivity contribution in [3.63, 3.8) is 0 Å². The Balaban J connectivity index is 2.14. The van der Waals surface area contributed by atoms with Gasteiger partial charge in [-0.25, -0.2) is 4.98 Å². The molecule has 0 aliphatic rings. The monoisotopic (exact) mass is 404 g/mol. The van der Waals surface area contributed by atoms with Crippen LogP contribution >= 0.6 is 0 Å². The minimum absolute atomic E-state index is 0.0378. The summed E-state index contributed by atoms with van der Waals surface area (Å²) in [4.78, 5) is 15.7. The lowest BCUT2D eigenvalue weighted by molar-refractivity contribution is -0.108. The highest BCUT2D eigenvalue weighted by Gasteiger charge is 2.19. The first-order valence-electron chi connectivity index (χ1n) is 10.0. The van der Waals surface area contributed by atoms with Crippen molar-refractivity contribution in [2.75, 3.05) is 11.9 Å². The molecule has 3 rings (SSSR count). The Bertz CT molecular complexity index is 1080. The number of ether oxygens (including phenoxy) is 1. The molecule has 1 aromatic heterocycles. The van der Waals surface area contributed by atoms with Crippen molar-refractivity contribution in [1.29, 1.82) is 5.41 Å². The molecule has 0 atom stereocenters. The van der Waals surface area contributed by atoms with Crippen molar-refractivity contribution in [2.24, 2.45) is 5.41 Å². The second-order valence-electron chi connectivity index (χ2n) is 8.09. The summed E-state index contributed by atoms with van der Waals surface area (Å²) in [6.07, 6.45) is 1.47. The molecule has 30 heavy (non-hydrogen) atoms. The van der Waals surface area contributed by atoms with Gasteiger partial charge in [0.1, 0.15) is 5.75 Å². The van der Waals surface area contributed by atoms with Crippen molar-refractivity contribution in [3.05, 3.63) is 54.1 Å². The van der Waals surface area contributed by atoms with E-state index in [9.17, 15) is 4.79 Å². The van der Waals surface area contributed by atoms with Crippen molar-refractivity contribution in [1.82, 2.24) is 10.3 Å². The minimum atomic E-state index is -0.114. The first kappa shape index (κ1) is 21.3. The summed E-state index contributed by atoms with van der Waals surface area (Å²) in [6.45, 7) is 9.06. The fraction of sp³-hybridized carbons (Fsp3) is 0.292. The van der Waals surface area contributed by atoms with E-state index in [1.165, 1.54) is 0 Å². The Morgan fingerprint density at radius 2 is 1.97 bits per heavy atom. The lowest BCUT2D eigenvalue weighted by atomic mass is 9.92. The third-order valence-electron chi connectivity index (χ3n) is 5.25. The Morgan fingerprint density at radius 1 is 1.20 bits per heavy atom. The quantitative estimate of drug-likeness (QED) is 0.290. The van der Waals surface area contributed by atoms with Crippen LogP contribution in [0.25, 0.3) is 22.2 Å². The molecule has 0 bridgehead atoms. The third-order valence-corrected chi connectivity index (χ3v) is 5.25. The molecule has 0 saturated carbocycles. The normalized spacial score (nSPS) is 11.2. The molecule has 3 N–H and O–H groups in total. The van der Waals surface area contributed by atoms with Crippen LogP contribution in [-0.4, -0.2) is 24.0 Å². The van der Waals surface area contributed by atoms with Crippen LogP contribution in [-0.2, 0) is 4.79 Å². The first-order valence-corrected chi connectivity index (χ1v) is 10.0. The summed E-state index contributed by atoms with van der Waals surface area (Å²) in [5.41, 5.74) is 4.35. The van der Waals surface area contributed by atoms with E-state index in [1.807, 2.05) is 55.5 Å². The third kappa shape index (κ3) is 4.76. The van der Waals surface area contributed by atoms with E-state index in [4.69, 9.17) is 15.1 Å². The van der Waals surface area contributed by atoms with Gasteiger partial charge in [0.2, 0.25) is 6.41 Å². The zero-order valence-electron chi connectivity index (χ0n) is 17.9. The van der Waals surface area contributed by atoms with Crippen LogP contribution in [0.4, 0.5) is 5.69 Å². The molecule has 2 aromatic carbocycles. The van der Waals surface area contributed by atoms with Crippen LogP contribution in [0.1, 0.15) is 32.8 Å². The predicted octanol–water partition coefficient (Wildman–Crippen LogP) is 5.12. The average molecular weight is 405 g/mol. The number of anilines is 1. The van der Waals surface area contributed by atoms with E-state index < -0.39 is 0 Å². The number of aryl methyl sites for hydroxylation is 1. The Kier molecular flexibility index (Phi) is 6.35. The number of guanidine groups is 1. The highest BCUT2D eigenvalue weighted by Crippen LogP contribution is 2.36. The molecule has 3 aromatic rings. The number of carbonyl (C=O) groups is 1. The summed E-state index contributed by atoms with van der Waals surface area (Å²) in [6, 6.07) is 15.7. The van der Waals surface area contributed by atoms with Gasteiger partial charge < -0.3 is 10.1 Å². The number of rotatable bonds is 7. The van der Waals surface area contributed by atoms with Crippen molar-refractivity contribution in [2.45, 2.75) is 34.1 Å². The molecule has 1 heterocycles. The van der Waals surface area contributed by atoms with E-state index in [-0.39, 0.29) is 11.4 Å². The van der Waals surface area contributed by atoms with E-state index in [2.05, 4.69) is 31.4 Å². The van der Waals surface area contributed by atoms with Gasteiger partial charge in [0, 0.05) is 5.56 Å². The summed E-state index contributed by atoms with van der Waals surface area (Å²) in [5.74, 6) is 0.580. The molecule has 0 aliphatic carbocycles. The molecule has 0 spiro atoms. The zero-order chi connectivity index (χ0) is 21.7. The van der Waals surface area contributed by atoms with Gasteiger partial charge in [-0.3, -0.25) is 15.5 Å². The van der Waals surface area contributed by atoms with Crippen LogP contribution in [0.3, 0.4) is 0 Å². The van der Waals surface area contributed by atoms with Gasteiger partial charge >= 0.3 is 0 Å². The van der Waals surface area contributed by atoms with Gasteiger partial charge in [-0.1, -0.05) is 51.1 Å². The molecule has 1 amide bonds. The summed E-state index contributed by atoms with van der Waals surface area (Å²) in [7, 11) is 0. The zero-order valence-corrected chi connectivity index (χ0v) is 17.9. The number of nitrogens with zero attached hydrogens (tertiary/aromatic N) is 1. The lowest BCUT2D eigenvalue weighted by Gasteiger charge is -2.24. The molecule has 0 saturated heterocycles. The number of hydrogen-bond donors (Lipinski definition) is 3. The van der Waals surface area contributed by atoms with Gasteiger partial charge in [-0.15, -0.1) is 0 Å². The molecule has 156 valence electrons. The number of benzene rings is 2. The van der Waals surface area contributed by atoms with Gasteiger partial charge in [-0.2, -0.15) is 0 Å². The number of aromatic nitrogens is 1. The van der Waals surface area contributed by atoms with Gasteiger partial charge in [-0.05, 0) is 42.5 Å². The fourth-order valence-corrected chi connectivity index (χ4v) is 3.08. The lowest BCUT2D eigenvalue weighted by Crippen LogP contribution is -2.28. The fourth-order valence-electron chi connectivity index (χ4n) is 3.08. The SMILES string of the molecule is CCC(C)(C)COc1cccc2nc(-c3ccccc3C)cc(NC(=N)NC=O)c12. The summed E-state index contributed by atoms with van der Waals surface area (Å²) >= 11 is 0. The minimum Gasteiger partial charge on any atom is -0.492 e. The maximum atomic E-state index is 10.8. The molecule has 6 nitrogen and oxygen atoms in total. The van der Waals surface area contributed by atoms with Crippen LogP contribution in [0.2, 0.25) is 0 Å². The highest BCUT2D eigenvalue weighted by molar-refractivity contribution is 6.06. The van der Waals surface area contributed by atoms with Crippen molar-refractivity contribution >= 4 is 29.0 Å². The molecule has 0 unspecified atom stereocenters.